The minimum absolute atomic E-state index is 0.538. The number of nitrogens with one attached hydrogen (secondary N) is 1. The largest absolute Gasteiger partial charge is 0.489 e. The lowest BCUT2D eigenvalue weighted by Gasteiger charge is -2.10. The number of aromatic nitrogens is 1. The number of hydrogen-bond acceptors (Lipinski definition) is 4. The maximum absolute atomic E-state index is 8.76. The number of rotatable bonds is 7. The zero-order chi connectivity index (χ0) is 17.9. The number of benzene rings is 2. The van der Waals surface area contributed by atoms with E-state index < -0.39 is 0 Å². The van der Waals surface area contributed by atoms with Gasteiger partial charge in [0.1, 0.15) is 12.4 Å². The zero-order valence-electron chi connectivity index (χ0n) is 15.0. The first-order valence-electron chi connectivity index (χ1n) is 9.17. The molecular weight excluding hydrogens is 324 g/mol. The zero-order valence-corrected chi connectivity index (χ0v) is 15.0. The Morgan fingerprint density at radius 2 is 1.92 bits per heavy atom. The average molecular weight is 348 g/mol. The molecule has 2 unspecified atom stereocenters. The highest BCUT2D eigenvalue weighted by molar-refractivity contribution is 5.82. The number of hydroxylamine groups is 1. The van der Waals surface area contributed by atoms with Gasteiger partial charge in [-0.25, -0.2) is 5.48 Å². The van der Waals surface area contributed by atoms with Crippen LogP contribution in [0.25, 0.3) is 10.9 Å². The van der Waals surface area contributed by atoms with Gasteiger partial charge in [-0.1, -0.05) is 30.3 Å². The van der Waals surface area contributed by atoms with Gasteiger partial charge >= 0.3 is 0 Å². The van der Waals surface area contributed by atoms with Gasteiger partial charge in [0, 0.05) is 23.2 Å². The standard InChI is InChI=1S/C22H24N2O2/c1-15-10-19(21-4-2-3-5-22(21)24-15)14-26-20-8-6-16(7-9-20)11-17-12-18(17)13-23-25/h2-10,17-18,23,25H,11-14H2,1H3. The fourth-order valence-corrected chi connectivity index (χ4v) is 3.63. The predicted octanol–water partition coefficient (Wildman–Crippen LogP) is 4.28. The molecule has 2 aromatic carbocycles. The third kappa shape index (κ3) is 3.87. The number of aryl methyl sites for hydroxylation is 1. The number of fused-ring (bicyclic) bond motifs is 1. The summed E-state index contributed by atoms with van der Waals surface area (Å²) in [5.41, 5.74) is 6.79. The van der Waals surface area contributed by atoms with E-state index in [1.54, 1.807) is 0 Å². The van der Waals surface area contributed by atoms with E-state index in [1.807, 2.05) is 37.3 Å². The Hall–Kier alpha value is -2.43. The Labute approximate surface area is 153 Å². The number of nitrogens with zero attached hydrogens (tertiary/aromatic N) is 1. The van der Waals surface area contributed by atoms with E-state index in [9.17, 15) is 0 Å². The smallest absolute Gasteiger partial charge is 0.119 e. The normalized spacial score (nSPS) is 18.8. The summed E-state index contributed by atoms with van der Waals surface area (Å²) in [4.78, 5) is 4.58. The Kier molecular flexibility index (Phi) is 4.87. The Balaban J connectivity index is 1.39. The van der Waals surface area contributed by atoms with E-state index in [0.717, 1.165) is 34.3 Å². The average Bonchev–Trinajstić information content (AvgIpc) is 3.38. The third-order valence-corrected chi connectivity index (χ3v) is 5.17. The van der Waals surface area contributed by atoms with Crippen molar-refractivity contribution in [3.05, 3.63) is 71.4 Å². The molecule has 4 heteroatoms. The molecule has 0 bridgehead atoms. The van der Waals surface area contributed by atoms with Crippen LogP contribution in [0.4, 0.5) is 0 Å². The molecule has 1 saturated carbocycles. The molecule has 0 amide bonds. The van der Waals surface area contributed by atoms with Crippen LogP contribution in [0.5, 0.6) is 5.75 Å². The molecule has 0 saturated heterocycles. The van der Waals surface area contributed by atoms with Crippen molar-refractivity contribution in [1.29, 1.82) is 0 Å². The fraction of sp³-hybridized carbons (Fsp3) is 0.318. The molecule has 0 spiro atoms. The van der Waals surface area contributed by atoms with Crippen molar-refractivity contribution >= 4 is 10.9 Å². The topological polar surface area (TPSA) is 54.4 Å². The maximum atomic E-state index is 8.76. The molecule has 0 aliphatic heterocycles. The van der Waals surface area contributed by atoms with Gasteiger partial charge in [0.15, 0.2) is 0 Å². The summed E-state index contributed by atoms with van der Waals surface area (Å²) >= 11 is 0. The van der Waals surface area contributed by atoms with Crippen LogP contribution in [0, 0.1) is 18.8 Å². The number of para-hydroxylation sites is 1. The van der Waals surface area contributed by atoms with Crippen LogP contribution in [0.1, 0.15) is 23.2 Å². The summed E-state index contributed by atoms with van der Waals surface area (Å²) in [5.74, 6) is 2.18. The SMILES string of the molecule is Cc1cc(COc2ccc(CC3CC3CNO)cc2)c2ccccc2n1. The molecule has 4 nitrogen and oxygen atoms in total. The molecule has 2 N–H and O–H groups in total. The van der Waals surface area contributed by atoms with Gasteiger partial charge in [-0.2, -0.15) is 0 Å². The second-order valence-electron chi connectivity index (χ2n) is 7.19. The summed E-state index contributed by atoms with van der Waals surface area (Å²) in [6.07, 6.45) is 2.26. The lowest BCUT2D eigenvalue weighted by Crippen LogP contribution is -2.11. The molecule has 0 radical (unpaired) electrons. The summed E-state index contributed by atoms with van der Waals surface area (Å²) in [6.45, 7) is 3.25. The van der Waals surface area contributed by atoms with Crippen molar-refractivity contribution < 1.29 is 9.94 Å². The first-order chi connectivity index (χ1) is 12.7. The molecular formula is C22H24N2O2. The van der Waals surface area contributed by atoms with Crippen molar-refractivity contribution in [1.82, 2.24) is 10.5 Å². The van der Waals surface area contributed by atoms with Crippen molar-refractivity contribution in [2.45, 2.75) is 26.4 Å². The first kappa shape index (κ1) is 17.0. The molecule has 1 heterocycles. The van der Waals surface area contributed by atoms with Gasteiger partial charge in [0.2, 0.25) is 0 Å². The summed E-state index contributed by atoms with van der Waals surface area (Å²) < 4.78 is 6.02. The third-order valence-electron chi connectivity index (χ3n) is 5.17. The highest BCUT2D eigenvalue weighted by Crippen LogP contribution is 2.40. The number of pyridine rings is 1. The van der Waals surface area contributed by atoms with Crippen LogP contribution in [0.2, 0.25) is 0 Å². The summed E-state index contributed by atoms with van der Waals surface area (Å²) in [6, 6.07) is 18.7. The van der Waals surface area contributed by atoms with Crippen LogP contribution in [-0.4, -0.2) is 16.7 Å². The minimum atomic E-state index is 0.538. The van der Waals surface area contributed by atoms with Gasteiger partial charge < -0.3 is 9.94 Å². The molecule has 3 aromatic rings. The second-order valence-corrected chi connectivity index (χ2v) is 7.19. The van der Waals surface area contributed by atoms with E-state index in [4.69, 9.17) is 9.94 Å². The minimum Gasteiger partial charge on any atom is -0.489 e. The Morgan fingerprint density at radius 3 is 2.73 bits per heavy atom. The molecule has 1 fully saturated rings. The lowest BCUT2D eigenvalue weighted by atomic mass is 10.1. The summed E-state index contributed by atoms with van der Waals surface area (Å²) in [5, 5.41) is 9.91. The van der Waals surface area contributed by atoms with E-state index in [0.29, 0.717) is 25.0 Å². The molecule has 2 atom stereocenters. The van der Waals surface area contributed by atoms with Crippen LogP contribution >= 0.6 is 0 Å². The monoisotopic (exact) mass is 348 g/mol. The van der Waals surface area contributed by atoms with E-state index >= 15 is 0 Å². The van der Waals surface area contributed by atoms with Crippen molar-refractivity contribution in [3.8, 4) is 5.75 Å². The lowest BCUT2D eigenvalue weighted by molar-refractivity contribution is 0.160. The molecule has 1 aromatic heterocycles. The van der Waals surface area contributed by atoms with Crippen molar-refractivity contribution in [3.63, 3.8) is 0 Å². The van der Waals surface area contributed by atoms with Crippen molar-refractivity contribution in [2.24, 2.45) is 11.8 Å². The number of hydrogen-bond donors (Lipinski definition) is 2. The van der Waals surface area contributed by atoms with Crippen LogP contribution in [0.3, 0.4) is 0 Å². The molecule has 4 rings (SSSR count). The predicted molar refractivity (Wildman–Crippen MR) is 102 cm³/mol. The van der Waals surface area contributed by atoms with Gasteiger partial charge in [0.25, 0.3) is 0 Å². The van der Waals surface area contributed by atoms with Crippen molar-refractivity contribution in [2.75, 3.05) is 6.54 Å². The van der Waals surface area contributed by atoms with Gasteiger partial charge in [-0.15, -0.1) is 0 Å². The van der Waals surface area contributed by atoms with Crippen LogP contribution < -0.4 is 10.2 Å². The molecule has 26 heavy (non-hydrogen) atoms. The first-order valence-corrected chi connectivity index (χ1v) is 9.17. The molecule has 134 valence electrons. The maximum Gasteiger partial charge on any atom is 0.119 e. The van der Waals surface area contributed by atoms with Gasteiger partial charge in [-0.3, -0.25) is 4.98 Å². The fourth-order valence-electron chi connectivity index (χ4n) is 3.63. The second kappa shape index (κ2) is 7.44. The van der Waals surface area contributed by atoms with Crippen LogP contribution in [0.15, 0.2) is 54.6 Å². The van der Waals surface area contributed by atoms with E-state index in [-0.39, 0.29) is 0 Å². The Morgan fingerprint density at radius 1 is 1.12 bits per heavy atom. The Bertz CT molecular complexity index is 892. The quantitative estimate of drug-likeness (QED) is 0.626. The molecule has 1 aliphatic rings. The highest BCUT2D eigenvalue weighted by Gasteiger charge is 2.36. The van der Waals surface area contributed by atoms with E-state index in [1.165, 1.54) is 12.0 Å². The van der Waals surface area contributed by atoms with Gasteiger partial charge in [-0.05, 0) is 61.4 Å². The van der Waals surface area contributed by atoms with Gasteiger partial charge in [0.05, 0.1) is 5.52 Å². The highest BCUT2D eigenvalue weighted by atomic mass is 16.5. The number of ether oxygens (including phenoxy) is 1. The molecule has 1 aliphatic carbocycles. The van der Waals surface area contributed by atoms with Crippen LogP contribution in [-0.2, 0) is 13.0 Å². The van der Waals surface area contributed by atoms with E-state index in [2.05, 4.69) is 34.7 Å². The summed E-state index contributed by atoms with van der Waals surface area (Å²) in [7, 11) is 0.